The van der Waals surface area contributed by atoms with Gasteiger partial charge in [0.2, 0.25) is 0 Å². The number of hydrogen-bond acceptors (Lipinski definition) is 3. The van der Waals surface area contributed by atoms with E-state index in [0.717, 1.165) is 29.5 Å². The molecule has 2 aromatic carbocycles. The summed E-state index contributed by atoms with van der Waals surface area (Å²) in [5.74, 6) is 0.424. The van der Waals surface area contributed by atoms with E-state index in [1.165, 1.54) is 5.56 Å². The SMILES string of the molecule is C=[C-]CCO.CC(C)=[C-]c1cc([C-]=O)ccc1C.[CH2-]CC(C[CH2-])c1ccc(C#N)cc1.[K+].[K+]. The van der Waals surface area contributed by atoms with Crippen molar-refractivity contribution in [1.82, 2.24) is 0 Å². The summed E-state index contributed by atoms with van der Waals surface area (Å²) in [6.45, 7) is 17.1. The quantitative estimate of drug-likeness (QED) is 0.438. The molecule has 33 heavy (non-hydrogen) atoms. The van der Waals surface area contributed by atoms with Crippen LogP contribution in [0.25, 0.3) is 0 Å². The molecule has 2 rings (SSSR count). The maximum atomic E-state index is 10.4. The largest absolute Gasteiger partial charge is 1.00 e. The molecule has 0 amide bonds. The number of aliphatic hydroxyl groups excluding tert-OH is 1. The molecule has 2 aromatic rings. The van der Waals surface area contributed by atoms with E-state index in [9.17, 15) is 4.79 Å². The van der Waals surface area contributed by atoms with Crippen LogP contribution in [0.4, 0.5) is 0 Å². The standard InChI is InChI=1S/C12H13N.C12H12O.C4H7O.2K/c1-3-11(4-2)12-7-5-10(9-13)6-8-12;1-9(2)6-12-7-11(8-13)5-4-10(12)3;1-2-3-4-5;;/h5-8,11H,1-4H2;4-5,7H,1-3H3;5H,1,3-4H2;;/q2*-2;-1;2*+1. The van der Waals surface area contributed by atoms with Crippen LogP contribution in [0.2, 0.25) is 0 Å². The van der Waals surface area contributed by atoms with E-state index in [1.807, 2.05) is 57.4 Å². The van der Waals surface area contributed by atoms with Crippen LogP contribution in [0.15, 0.2) is 54.6 Å². The Morgan fingerprint density at radius 2 is 1.70 bits per heavy atom. The molecule has 0 aliphatic heterocycles. The zero-order valence-electron chi connectivity index (χ0n) is 20.9. The Morgan fingerprint density at radius 3 is 2.06 bits per heavy atom. The molecule has 0 bridgehead atoms. The van der Waals surface area contributed by atoms with Gasteiger partial charge in [0.1, 0.15) is 0 Å². The minimum atomic E-state index is 0. The van der Waals surface area contributed by atoms with E-state index >= 15 is 0 Å². The molecule has 0 aromatic heterocycles. The number of nitriles is 1. The van der Waals surface area contributed by atoms with E-state index in [4.69, 9.17) is 10.4 Å². The molecule has 1 N–H and O–H groups in total. The van der Waals surface area contributed by atoms with Crippen LogP contribution in [-0.4, -0.2) is 18.0 Å². The second-order valence-electron chi connectivity index (χ2n) is 6.99. The third kappa shape index (κ3) is 17.4. The summed E-state index contributed by atoms with van der Waals surface area (Å²) in [7, 11) is 0. The number of aryl methyl sites for hydroxylation is 1. The second-order valence-corrected chi connectivity index (χ2v) is 6.99. The predicted molar refractivity (Wildman–Crippen MR) is 128 cm³/mol. The van der Waals surface area contributed by atoms with Crippen LogP contribution >= 0.6 is 0 Å². The Hall–Kier alpha value is 0.313. The average molecular weight is 493 g/mol. The van der Waals surface area contributed by atoms with Crippen molar-refractivity contribution in [2.75, 3.05) is 6.61 Å². The van der Waals surface area contributed by atoms with Crippen LogP contribution in [0, 0.1) is 44.3 Å². The third-order valence-electron chi connectivity index (χ3n) is 4.24. The van der Waals surface area contributed by atoms with Crippen molar-refractivity contribution < 1.29 is 113 Å². The number of benzene rings is 2. The van der Waals surface area contributed by atoms with Crippen LogP contribution in [-0.2, 0) is 4.79 Å². The van der Waals surface area contributed by atoms with Crippen LogP contribution < -0.4 is 103 Å². The number of rotatable bonds is 7. The molecule has 0 heterocycles. The second kappa shape index (κ2) is 24.0. The molecule has 0 fully saturated rings. The van der Waals surface area contributed by atoms with Crippen molar-refractivity contribution in [3.05, 3.63) is 108 Å². The Morgan fingerprint density at radius 1 is 1.12 bits per heavy atom. The Balaban J connectivity index is -0.000000433. The first-order chi connectivity index (χ1) is 14.9. The summed E-state index contributed by atoms with van der Waals surface area (Å²) in [6, 6.07) is 15.2. The summed E-state index contributed by atoms with van der Waals surface area (Å²) in [4.78, 5) is 10.4. The van der Waals surface area contributed by atoms with Crippen molar-refractivity contribution in [2.24, 2.45) is 0 Å². The van der Waals surface area contributed by atoms with Crippen molar-refractivity contribution >= 4 is 6.29 Å². The van der Waals surface area contributed by atoms with Gasteiger partial charge in [0.15, 0.2) is 0 Å². The average Bonchev–Trinajstić information content (AvgIpc) is 2.78. The minimum absolute atomic E-state index is 0. The van der Waals surface area contributed by atoms with Crippen molar-refractivity contribution in [3.63, 3.8) is 0 Å². The molecule has 166 valence electrons. The van der Waals surface area contributed by atoms with E-state index in [2.05, 4.69) is 38.6 Å². The molecule has 5 heteroatoms. The minimum Gasteiger partial charge on any atom is -0.502 e. The van der Waals surface area contributed by atoms with Crippen LogP contribution in [0.5, 0.6) is 0 Å². The normalized spacial score (nSPS) is 8.79. The van der Waals surface area contributed by atoms with Crippen molar-refractivity contribution in [1.29, 1.82) is 5.26 Å². The number of allylic oxidation sites excluding steroid dienone is 1. The summed E-state index contributed by atoms with van der Waals surface area (Å²) < 4.78 is 0. The first-order valence-corrected chi connectivity index (χ1v) is 10.1. The Bertz CT molecular complexity index is 860. The van der Waals surface area contributed by atoms with Gasteiger partial charge in [-0.2, -0.15) is 65.5 Å². The van der Waals surface area contributed by atoms with Crippen molar-refractivity contribution in [2.45, 2.75) is 46.0 Å². The first-order valence-electron chi connectivity index (χ1n) is 10.1. The molecule has 0 aliphatic carbocycles. The molecule has 0 radical (unpaired) electrons. The van der Waals surface area contributed by atoms with Gasteiger partial charge >= 0.3 is 103 Å². The molecular formula is C28H32K2NO2-3. The fraction of sp³-hybridized carbons (Fsp3) is 0.286. The molecule has 0 spiro atoms. The zero-order valence-corrected chi connectivity index (χ0v) is 27.1. The molecular weight excluding hydrogens is 461 g/mol. The molecule has 0 atom stereocenters. The Labute approximate surface area is 286 Å². The molecule has 3 nitrogen and oxygen atoms in total. The maximum absolute atomic E-state index is 10.4. The van der Waals surface area contributed by atoms with Gasteiger partial charge in [0.05, 0.1) is 17.9 Å². The summed E-state index contributed by atoms with van der Waals surface area (Å²) in [5, 5.41) is 16.6. The van der Waals surface area contributed by atoms with Gasteiger partial charge in [0, 0.05) is 6.61 Å². The van der Waals surface area contributed by atoms with Gasteiger partial charge in [-0.1, -0.05) is 38.8 Å². The summed E-state index contributed by atoms with van der Waals surface area (Å²) in [6.07, 6.45) is 9.87. The first kappa shape index (κ1) is 37.9. The van der Waals surface area contributed by atoms with Crippen LogP contribution in [0.3, 0.4) is 0 Å². The summed E-state index contributed by atoms with van der Waals surface area (Å²) in [5.41, 5.74) is 5.71. The van der Waals surface area contributed by atoms with Gasteiger partial charge in [0.25, 0.3) is 0 Å². The number of nitrogens with zero attached hydrogens (tertiary/aromatic N) is 1. The van der Waals surface area contributed by atoms with Gasteiger partial charge in [-0.25, -0.2) is 0 Å². The third-order valence-corrected chi connectivity index (χ3v) is 4.24. The zero-order chi connectivity index (χ0) is 23.6. The fourth-order valence-corrected chi connectivity index (χ4v) is 2.48. The Kier molecular flexibility index (Phi) is 27.6. The molecule has 0 aliphatic rings. The monoisotopic (exact) mass is 492 g/mol. The van der Waals surface area contributed by atoms with Crippen molar-refractivity contribution in [3.8, 4) is 6.07 Å². The summed E-state index contributed by atoms with van der Waals surface area (Å²) >= 11 is 0. The maximum Gasteiger partial charge on any atom is 1.00 e. The van der Waals surface area contributed by atoms with Gasteiger partial charge < -0.3 is 29.8 Å². The smallest absolute Gasteiger partial charge is 0.502 e. The predicted octanol–water partition coefficient (Wildman–Crippen LogP) is 0.0266. The van der Waals surface area contributed by atoms with E-state index < -0.39 is 0 Å². The number of aliphatic hydroxyl groups is 1. The van der Waals surface area contributed by atoms with Crippen LogP contribution in [0.1, 0.15) is 66.8 Å². The molecule has 0 saturated heterocycles. The molecule has 0 saturated carbocycles. The number of hydrogen-bond donors (Lipinski definition) is 1. The van der Waals surface area contributed by atoms with E-state index in [1.54, 1.807) is 12.1 Å². The number of carbonyl (C=O) groups excluding carboxylic acids is 1. The van der Waals surface area contributed by atoms with E-state index in [-0.39, 0.29) is 109 Å². The topological polar surface area (TPSA) is 61.1 Å². The van der Waals surface area contributed by atoms with E-state index in [0.29, 0.717) is 23.5 Å². The van der Waals surface area contributed by atoms with Gasteiger partial charge in [-0.3, -0.25) is 6.58 Å². The van der Waals surface area contributed by atoms with Gasteiger partial charge in [-0.15, -0.1) is 5.57 Å². The van der Waals surface area contributed by atoms with Gasteiger partial charge in [-0.05, 0) is 17.7 Å². The molecule has 0 unspecified atom stereocenters. The fourth-order valence-electron chi connectivity index (χ4n) is 2.48.